The number of carbonyl (C=O) groups is 1. The average Bonchev–Trinajstić information content (AvgIpc) is 2.78. The molecule has 20 heavy (non-hydrogen) atoms. The van der Waals surface area contributed by atoms with E-state index in [1.54, 1.807) is 18.8 Å². The predicted molar refractivity (Wildman–Crippen MR) is 83.8 cm³/mol. The van der Waals surface area contributed by atoms with Gasteiger partial charge in [0.2, 0.25) is 5.91 Å². The number of rotatable bonds is 5. The summed E-state index contributed by atoms with van der Waals surface area (Å²) in [6, 6.07) is 3.93. The van der Waals surface area contributed by atoms with E-state index in [0.717, 1.165) is 23.3 Å². The first kappa shape index (κ1) is 15.1. The van der Waals surface area contributed by atoms with Crippen molar-refractivity contribution in [2.24, 2.45) is 0 Å². The van der Waals surface area contributed by atoms with Crippen LogP contribution in [0.2, 0.25) is 0 Å². The van der Waals surface area contributed by atoms with Gasteiger partial charge in [-0.2, -0.15) is 0 Å². The Labute approximate surface area is 125 Å². The van der Waals surface area contributed by atoms with Gasteiger partial charge in [-0.05, 0) is 31.2 Å². The Kier molecular flexibility index (Phi) is 5.62. The van der Waals surface area contributed by atoms with E-state index < -0.39 is 0 Å². The van der Waals surface area contributed by atoms with Crippen molar-refractivity contribution >= 4 is 24.7 Å². The van der Waals surface area contributed by atoms with Gasteiger partial charge in [-0.1, -0.05) is 23.8 Å². The van der Waals surface area contributed by atoms with E-state index in [4.69, 9.17) is 4.65 Å². The van der Waals surface area contributed by atoms with Crippen LogP contribution in [0.1, 0.15) is 24.6 Å². The van der Waals surface area contributed by atoms with Gasteiger partial charge < -0.3 is 9.97 Å². The Morgan fingerprint density at radius 3 is 3.20 bits per heavy atom. The van der Waals surface area contributed by atoms with Crippen LogP contribution in [0.4, 0.5) is 0 Å². The standard InChI is InChI=1S/C15H19BNO2S/c1-11(2)9-12-5-3-7-14(16-19-12)17-15(18)10-13-6-4-8-20-13/h3-6,8,12,14H,1,7,9-10H2,2H3,(H,17,18). The van der Waals surface area contributed by atoms with E-state index in [2.05, 4.69) is 18.0 Å². The third-order valence-corrected chi connectivity index (χ3v) is 3.85. The maximum atomic E-state index is 11.9. The van der Waals surface area contributed by atoms with Crippen LogP contribution in [0, 0.1) is 0 Å². The molecule has 1 aromatic heterocycles. The van der Waals surface area contributed by atoms with Crippen molar-refractivity contribution in [2.75, 3.05) is 0 Å². The topological polar surface area (TPSA) is 38.3 Å². The van der Waals surface area contributed by atoms with Crippen LogP contribution in [0.3, 0.4) is 0 Å². The van der Waals surface area contributed by atoms with Crippen LogP contribution in [0.15, 0.2) is 41.8 Å². The molecule has 105 valence electrons. The van der Waals surface area contributed by atoms with Crippen molar-refractivity contribution < 1.29 is 9.45 Å². The molecule has 2 unspecified atom stereocenters. The number of nitrogens with one attached hydrogen (secondary N) is 1. The summed E-state index contributed by atoms with van der Waals surface area (Å²) >= 11 is 1.60. The third-order valence-electron chi connectivity index (χ3n) is 2.97. The zero-order chi connectivity index (χ0) is 14.4. The Bertz CT molecular complexity index is 484. The van der Waals surface area contributed by atoms with E-state index in [-0.39, 0.29) is 18.0 Å². The predicted octanol–water partition coefficient (Wildman–Crippen LogP) is 2.66. The lowest BCUT2D eigenvalue weighted by Gasteiger charge is -2.16. The molecule has 0 bridgehead atoms. The van der Waals surface area contributed by atoms with E-state index in [0.29, 0.717) is 6.42 Å². The van der Waals surface area contributed by atoms with Crippen LogP contribution in [-0.4, -0.2) is 25.4 Å². The lowest BCUT2D eigenvalue weighted by atomic mass is 9.85. The minimum absolute atomic E-state index is 0.0315. The Morgan fingerprint density at radius 2 is 2.50 bits per heavy atom. The van der Waals surface area contributed by atoms with Crippen LogP contribution < -0.4 is 5.32 Å². The first-order chi connectivity index (χ1) is 9.63. The van der Waals surface area contributed by atoms with Crippen molar-refractivity contribution in [3.05, 3.63) is 46.7 Å². The molecule has 1 amide bonds. The average molecular weight is 288 g/mol. The quantitative estimate of drug-likeness (QED) is 0.668. The van der Waals surface area contributed by atoms with Crippen molar-refractivity contribution in [1.29, 1.82) is 0 Å². The van der Waals surface area contributed by atoms with Gasteiger partial charge in [0, 0.05) is 10.8 Å². The van der Waals surface area contributed by atoms with Crippen LogP contribution in [0.25, 0.3) is 0 Å². The fourth-order valence-corrected chi connectivity index (χ4v) is 2.76. The van der Waals surface area contributed by atoms with Crippen molar-refractivity contribution in [3.8, 4) is 0 Å². The van der Waals surface area contributed by atoms with Crippen molar-refractivity contribution in [1.82, 2.24) is 5.32 Å². The lowest BCUT2D eigenvalue weighted by molar-refractivity contribution is -0.120. The van der Waals surface area contributed by atoms with E-state index >= 15 is 0 Å². The summed E-state index contributed by atoms with van der Waals surface area (Å²) in [4.78, 5) is 13.0. The molecule has 1 radical (unpaired) electrons. The third kappa shape index (κ3) is 4.98. The number of carbonyl (C=O) groups excluding carboxylic acids is 1. The molecule has 0 aromatic carbocycles. The molecular formula is C15H19BNO2S. The molecule has 5 heteroatoms. The second kappa shape index (κ2) is 7.46. The zero-order valence-electron chi connectivity index (χ0n) is 11.7. The second-order valence-electron chi connectivity index (χ2n) is 5.07. The molecule has 0 spiro atoms. The molecule has 0 aliphatic carbocycles. The SMILES string of the molecule is C=C(C)CC1C=CCC(NC(=O)Cc2cccs2)[B]O1. The molecular weight excluding hydrogens is 269 g/mol. The van der Waals surface area contributed by atoms with Crippen LogP contribution in [-0.2, 0) is 15.9 Å². The summed E-state index contributed by atoms with van der Waals surface area (Å²) in [6.07, 6.45) is 6.14. The highest BCUT2D eigenvalue weighted by Crippen LogP contribution is 2.13. The highest BCUT2D eigenvalue weighted by atomic mass is 32.1. The molecule has 2 heterocycles. The van der Waals surface area contributed by atoms with Crippen molar-refractivity contribution in [3.63, 3.8) is 0 Å². The van der Waals surface area contributed by atoms with E-state index in [1.165, 1.54) is 0 Å². The normalized spacial score (nSPS) is 21.9. The fourth-order valence-electron chi connectivity index (χ4n) is 2.06. The Hall–Kier alpha value is -1.33. The molecule has 1 N–H and O–H groups in total. The van der Waals surface area contributed by atoms with Gasteiger partial charge in [-0.15, -0.1) is 17.9 Å². The Balaban J connectivity index is 1.78. The molecule has 0 fully saturated rings. The van der Waals surface area contributed by atoms with Gasteiger partial charge in [-0.3, -0.25) is 4.79 Å². The minimum Gasteiger partial charge on any atom is -0.432 e. The molecule has 0 saturated carbocycles. The lowest BCUT2D eigenvalue weighted by Crippen LogP contribution is -2.40. The monoisotopic (exact) mass is 288 g/mol. The highest BCUT2D eigenvalue weighted by Gasteiger charge is 2.19. The molecule has 1 aromatic rings. The first-order valence-corrected chi connectivity index (χ1v) is 7.63. The summed E-state index contributed by atoms with van der Waals surface area (Å²) in [6.45, 7) is 5.88. The molecule has 1 aliphatic rings. The number of amides is 1. The number of hydrogen-bond acceptors (Lipinski definition) is 3. The van der Waals surface area contributed by atoms with Gasteiger partial charge in [0.25, 0.3) is 0 Å². The molecule has 2 rings (SSSR count). The molecule has 2 atom stereocenters. The first-order valence-electron chi connectivity index (χ1n) is 6.75. The number of thiophene rings is 1. The van der Waals surface area contributed by atoms with Gasteiger partial charge in [0.15, 0.2) is 0 Å². The summed E-state index contributed by atoms with van der Waals surface area (Å²) in [5.74, 6) is -0.0297. The highest BCUT2D eigenvalue weighted by molar-refractivity contribution is 7.10. The summed E-state index contributed by atoms with van der Waals surface area (Å²) < 4.78 is 5.68. The maximum absolute atomic E-state index is 11.9. The van der Waals surface area contributed by atoms with Crippen molar-refractivity contribution in [2.45, 2.75) is 38.2 Å². The van der Waals surface area contributed by atoms with E-state index in [9.17, 15) is 4.79 Å². The smallest absolute Gasteiger partial charge is 0.317 e. The fraction of sp³-hybridized carbons (Fsp3) is 0.400. The maximum Gasteiger partial charge on any atom is 0.317 e. The van der Waals surface area contributed by atoms with Gasteiger partial charge >= 0.3 is 7.48 Å². The summed E-state index contributed by atoms with van der Waals surface area (Å²) in [7, 11) is 1.74. The van der Waals surface area contributed by atoms with Gasteiger partial charge in [0.05, 0.1) is 12.5 Å². The largest absolute Gasteiger partial charge is 0.432 e. The zero-order valence-corrected chi connectivity index (χ0v) is 12.5. The Morgan fingerprint density at radius 1 is 1.65 bits per heavy atom. The molecule has 0 saturated heterocycles. The number of hydrogen-bond donors (Lipinski definition) is 1. The minimum atomic E-state index is -0.0613. The van der Waals surface area contributed by atoms with Gasteiger partial charge in [-0.25, -0.2) is 0 Å². The molecule has 1 aliphatic heterocycles. The second-order valence-corrected chi connectivity index (χ2v) is 6.10. The van der Waals surface area contributed by atoms with Crippen LogP contribution in [0.5, 0.6) is 0 Å². The van der Waals surface area contributed by atoms with Crippen LogP contribution >= 0.6 is 11.3 Å². The van der Waals surface area contributed by atoms with E-state index in [1.807, 2.05) is 30.5 Å². The summed E-state index contributed by atoms with van der Waals surface area (Å²) in [5.41, 5.74) is 1.09. The molecule has 3 nitrogen and oxygen atoms in total. The summed E-state index contributed by atoms with van der Waals surface area (Å²) in [5, 5.41) is 4.97. The van der Waals surface area contributed by atoms with Gasteiger partial charge in [0.1, 0.15) is 0 Å².